The molecule has 4 N–H and O–H groups in total. The van der Waals surface area contributed by atoms with Gasteiger partial charge >= 0.3 is 0 Å². The quantitative estimate of drug-likeness (QED) is 0.281. The van der Waals surface area contributed by atoms with Crippen molar-refractivity contribution in [2.75, 3.05) is 0 Å². The maximum Gasteiger partial charge on any atom is 0.0580 e. The molecule has 0 rings (SSSR count). The van der Waals surface area contributed by atoms with E-state index in [9.17, 15) is 0 Å². The molecule has 0 aromatic heterocycles. The Bertz CT molecular complexity index is 75.7. The Labute approximate surface area is 49.7 Å². The Balaban J connectivity index is 3.52. The van der Waals surface area contributed by atoms with E-state index in [1.807, 2.05) is 6.92 Å². The van der Waals surface area contributed by atoms with Gasteiger partial charge in [-0.05, 0) is 13.3 Å². The molecule has 0 aliphatic carbocycles. The first kappa shape index (κ1) is 7.59. The fourth-order valence-corrected chi connectivity index (χ4v) is 0.549. The molecule has 0 heterocycles. The summed E-state index contributed by atoms with van der Waals surface area (Å²) in [5, 5.41) is 7.11. The van der Waals surface area contributed by atoms with Crippen molar-refractivity contribution in [3.63, 3.8) is 0 Å². The summed E-state index contributed by atoms with van der Waals surface area (Å²) in [7, 11) is 0. The van der Waals surface area contributed by atoms with E-state index >= 15 is 0 Å². The van der Waals surface area contributed by atoms with Gasteiger partial charge in [0.25, 0.3) is 0 Å². The first-order chi connectivity index (χ1) is 3.72. The number of hydrogen-bond acceptors (Lipinski definition) is 3. The summed E-state index contributed by atoms with van der Waals surface area (Å²) in [6.45, 7) is 3.73. The second-order valence-corrected chi connectivity index (χ2v) is 1.81. The summed E-state index contributed by atoms with van der Waals surface area (Å²) in [5.74, 6) is 5.09. The SMILES string of the molecule is CCC(NN)C(C)=N. The lowest BCUT2D eigenvalue weighted by atomic mass is 10.1. The highest BCUT2D eigenvalue weighted by atomic mass is 15.2. The minimum Gasteiger partial charge on any atom is -0.308 e. The Morgan fingerprint density at radius 1 is 1.88 bits per heavy atom. The van der Waals surface area contributed by atoms with Gasteiger partial charge in [0.1, 0.15) is 0 Å². The monoisotopic (exact) mass is 115 g/mol. The molecule has 1 unspecified atom stereocenters. The molecule has 8 heavy (non-hydrogen) atoms. The van der Waals surface area contributed by atoms with Gasteiger partial charge < -0.3 is 5.41 Å². The van der Waals surface area contributed by atoms with E-state index < -0.39 is 0 Å². The molecule has 0 saturated carbocycles. The van der Waals surface area contributed by atoms with E-state index in [0.717, 1.165) is 6.42 Å². The van der Waals surface area contributed by atoms with Gasteiger partial charge in [0.15, 0.2) is 0 Å². The third kappa shape index (κ3) is 2.04. The first-order valence-electron chi connectivity index (χ1n) is 2.73. The van der Waals surface area contributed by atoms with Crippen LogP contribution in [-0.4, -0.2) is 11.8 Å². The molecular formula is C5H13N3. The van der Waals surface area contributed by atoms with Gasteiger partial charge in [-0.25, -0.2) is 0 Å². The summed E-state index contributed by atoms with van der Waals surface area (Å²) >= 11 is 0. The molecule has 3 heteroatoms. The molecule has 0 bridgehead atoms. The molecule has 1 atom stereocenters. The van der Waals surface area contributed by atoms with Gasteiger partial charge in [-0.2, -0.15) is 0 Å². The molecular weight excluding hydrogens is 102 g/mol. The number of hydrazine groups is 1. The number of nitrogens with two attached hydrogens (primary N) is 1. The van der Waals surface area contributed by atoms with Crippen LogP contribution in [0.1, 0.15) is 20.3 Å². The minimum absolute atomic E-state index is 0.0648. The highest BCUT2D eigenvalue weighted by Gasteiger charge is 2.02. The highest BCUT2D eigenvalue weighted by molar-refractivity contribution is 5.83. The molecule has 0 spiro atoms. The summed E-state index contributed by atoms with van der Waals surface area (Å²) in [6, 6.07) is 0.0648. The van der Waals surface area contributed by atoms with Gasteiger partial charge in [0.2, 0.25) is 0 Å². The summed E-state index contributed by atoms with van der Waals surface area (Å²) in [6.07, 6.45) is 0.881. The van der Waals surface area contributed by atoms with Gasteiger partial charge in [0.05, 0.1) is 6.04 Å². The lowest BCUT2D eigenvalue weighted by molar-refractivity contribution is 0.627. The van der Waals surface area contributed by atoms with Crippen LogP contribution in [0.3, 0.4) is 0 Å². The zero-order chi connectivity index (χ0) is 6.57. The zero-order valence-electron chi connectivity index (χ0n) is 5.36. The molecule has 0 aliphatic rings. The molecule has 0 aliphatic heterocycles. The molecule has 0 saturated heterocycles. The first-order valence-corrected chi connectivity index (χ1v) is 2.73. The number of nitrogens with one attached hydrogen (secondary N) is 2. The van der Waals surface area contributed by atoms with E-state index in [0.29, 0.717) is 5.71 Å². The fraction of sp³-hybridized carbons (Fsp3) is 0.800. The van der Waals surface area contributed by atoms with Crippen LogP contribution in [0.25, 0.3) is 0 Å². The predicted octanol–water partition coefficient (Wildman–Crippen LogP) is 0.268. The highest BCUT2D eigenvalue weighted by Crippen LogP contribution is 1.88. The number of rotatable bonds is 3. The van der Waals surface area contributed by atoms with Gasteiger partial charge in [-0.1, -0.05) is 6.92 Å². The molecule has 48 valence electrons. The normalized spacial score (nSPS) is 13.4. The van der Waals surface area contributed by atoms with Crippen LogP contribution < -0.4 is 11.3 Å². The van der Waals surface area contributed by atoms with Crippen molar-refractivity contribution in [2.45, 2.75) is 26.3 Å². The molecule has 0 fully saturated rings. The summed E-state index contributed by atoms with van der Waals surface area (Å²) in [5.41, 5.74) is 3.12. The maximum absolute atomic E-state index is 7.11. The topological polar surface area (TPSA) is 61.9 Å². The lowest BCUT2D eigenvalue weighted by Crippen LogP contribution is -2.39. The van der Waals surface area contributed by atoms with Crippen molar-refractivity contribution in [1.29, 1.82) is 5.41 Å². The Kier molecular flexibility index (Phi) is 3.39. The van der Waals surface area contributed by atoms with E-state index in [1.54, 1.807) is 6.92 Å². The van der Waals surface area contributed by atoms with Crippen LogP contribution in [0.5, 0.6) is 0 Å². The van der Waals surface area contributed by atoms with Crippen molar-refractivity contribution in [3.8, 4) is 0 Å². The van der Waals surface area contributed by atoms with Crippen molar-refractivity contribution in [3.05, 3.63) is 0 Å². The van der Waals surface area contributed by atoms with Crippen LogP contribution in [0.2, 0.25) is 0 Å². The van der Waals surface area contributed by atoms with Crippen molar-refractivity contribution in [1.82, 2.24) is 5.43 Å². The molecule has 0 aromatic carbocycles. The van der Waals surface area contributed by atoms with Gasteiger partial charge in [-0.3, -0.25) is 11.3 Å². The van der Waals surface area contributed by atoms with E-state index in [-0.39, 0.29) is 6.04 Å². The largest absolute Gasteiger partial charge is 0.308 e. The van der Waals surface area contributed by atoms with Crippen LogP contribution in [0, 0.1) is 5.41 Å². The summed E-state index contributed by atoms with van der Waals surface area (Å²) < 4.78 is 0. The van der Waals surface area contributed by atoms with Crippen LogP contribution >= 0.6 is 0 Å². The smallest absolute Gasteiger partial charge is 0.0580 e. The summed E-state index contributed by atoms with van der Waals surface area (Å²) in [4.78, 5) is 0. The van der Waals surface area contributed by atoms with Gasteiger partial charge in [0, 0.05) is 5.71 Å². The maximum atomic E-state index is 7.11. The fourth-order valence-electron chi connectivity index (χ4n) is 0.549. The molecule has 0 aromatic rings. The third-order valence-electron chi connectivity index (χ3n) is 1.13. The Morgan fingerprint density at radius 2 is 2.38 bits per heavy atom. The van der Waals surface area contributed by atoms with Crippen LogP contribution in [-0.2, 0) is 0 Å². The number of hydrogen-bond donors (Lipinski definition) is 3. The zero-order valence-corrected chi connectivity index (χ0v) is 5.36. The predicted molar refractivity (Wildman–Crippen MR) is 34.8 cm³/mol. The molecule has 0 amide bonds. The standard InChI is InChI=1S/C5H13N3/c1-3-5(8-7)4(2)6/h5-6,8H,3,7H2,1-2H3. The van der Waals surface area contributed by atoms with E-state index in [4.69, 9.17) is 11.3 Å². The lowest BCUT2D eigenvalue weighted by Gasteiger charge is -2.09. The van der Waals surface area contributed by atoms with Crippen molar-refractivity contribution in [2.24, 2.45) is 5.84 Å². The second kappa shape index (κ2) is 3.57. The Morgan fingerprint density at radius 3 is 2.38 bits per heavy atom. The Hall–Kier alpha value is -0.410. The van der Waals surface area contributed by atoms with E-state index in [2.05, 4.69) is 5.43 Å². The second-order valence-electron chi connectivity index (χ2n) is 1.81. The average Bonchev–Trinajstić information content (AvgIpc) is 1.69. The van der Waals surface area contributed by atoms with E-state index in [1.165, 1.54) is 0 Å². The van der Waals surface area contributed by atoms with Crippen molar-refractivity contribution < 1.29 is 0 Å². The van der Waals surface area contributed by atoms with Crippen molar-refractivity contribution >= 4 is 5.71 Å². The van der Waals surface area contributed by atoms with Crippen LogP contribution in [0.15, 0.2) is 0 Å². The molecule has 3 nitrogen and oxygen atoms in total. The minimum atomic E-state index is 0.0648. The molecule has 0 radical (unpaired) electrons. The average molecular weight is 115 g/mol. The van der Waals surface area contributed by atoms with Gasteiger partial charge in [-0.15, -0.1) is 0 Å². The van der Waals surface area contributed by atoms with Crippen LogP contribution in [0.4, 0.5) is 0 Å². The third-order valence-corrected chi connectivity index (χ3v) is 1.13.